The van der Waals surface area contributed by atoms with Gasteiger partial charge in [-0.25, -0.2) is 0 Å². The highest BCUT2D eigenvalue weighted by molar-refractivity contribution is 6.31. The summed E-state index contributed by atoms with van der Waals surface area (Å²) in [6, 6.07) is 0. The van der Waals surface area contributed by atoms with Crippen LogP contribution in [-0.2, 0) is 4.12 Å². The van der Waals surface area contributed by atoms with Crippen LogP contribution < -0.4 is 0 Å². The van der Waals surface area contributed by atoms with Crippen LogP contribution in [-0.4, -0.2) is 38.1 Å². The number of unbranched alkanes of at least 4 members (excludes halogenated alkanes) is 2. The first-order valence-electron chi connectivity index (χ1n) is 5.06. The molecular weight excluding hydrogens is 182 g/mol. The molecule has 0 aromatic rings. The number of hydrogen-bond donors (Lipinski definition) is 0. The highest BCUT2D eigenvalue weighted by atomic mass is 28.3. The maximum atomic E-state index is 5.40. The van der Waals surface area contributed by atoms with Gasteiger partial charge in [0.2, 0.25) is 9.92 Å². The van der Waals surface area contributed by atoms with Crippen molar-refractivity contribution < 1.29 is 4.12 Å². The summed E-state index contributed by atoms with van der Waals surface area (Å²) in [6.45, 7) is 7.04. The minimum Gasteiger partial charge on any atom is -0.457 e. The lowest BCUT2D eigenvalue weighted by atomic mass is 10.3. The van der Waals surface area contributed by atoms with Gasteiger partial charge in [-0.1, -0.05) is 26.7 Å². The number of hydrogen-bond acceptors (Lipinski definition) is 2. The average Bonchev–Trinajstić information content (AvgIpc) is 2.10. The normalized spacial score (nSPS) is 12.2. The molecule has 0 saturated carbocycles. The van der Waals surface area contributed by atoms with E-state index in [0.29, 0.717) is 0 Å². The molecule has 0 amide bonds. The second-order valence-electron chi connectivity index (χ2n) is 3.24. The second kappa shape index (κ2) is 9.44. The van der Waals surface area contributed by atoms with Gasteiger partial charge in [0, 0.05) is 0 Å². The topological polar surface area (TPSA) is 12.5 Å². The second-order valence-corrected chi connectivity index (χ2v) is 6.70. The van der Waals surface area contributed by atoms with Gasteiger partial charge >= 0.3 is 0 Å². The van der Waals surface area contributed by atoms with Crippen LogP contribution in [0.25, 0.3) is 0 Å². The van der Waals surface area contributed by atoms with Crippen molar-refractivity contribution >= 4 is 20.4 Å². The van der Waals surface area contributed by atoms with Crippen LogP contribution in [0.5, 0.6) is 0 Å². The molecule has 4 heteroatoms. The van der Waals surface area contributed by atoms with Crippen molar-refractivity contribution in [2.24, 2.45) is 0 Å². The Balaban J connectivity index is 3.40. The largest absolute Gasteiger partial charge is 0.457 e. The predicted molar refractivity (Wildman–Crippen MR) is 61.0 cm³/mol. The van der Waals surface area contributed by atoms with Gasteiger partial charge in [-0.15, -0.1) is 0 Å². The van der Waals surface area contributed by atoms with Gasteiger partial charge in [0.1, 0.15) is 10.5 Å². The smallest absolute Gasteiger partial charge is 0.226 e. The lowest BCUT2D eigenvalue weighted by Crippen LogP contribution is -2.31. The Kier molecular flexibility index (Phi) is 9.72. The van der Waals surface area contributed by atoms with Gasteiger partial charge in [0.25, 0.3) is 0 Å². The Hall–Kier alpha value is 0.354. The first kappa shape index (κ1) is 12.4. The van der Waals surface area contributed by atoms with Crippen LogP contribution >= 0.6 is 0 Å². The average molecular weight is 205 g/mol. The zero-order valence-corrected chi connectivity index (χ0v) is 12.2. The fourth-order valence-corrected chi connectivity index (χ4v) is 3.35. The maximum absolute atomic E-state index is 5.40. The highest BCUT2D eigenvalue weighted by Gasteiger charge is 2.02. The van der Waals surface area contributed by atoms with Crippen molar-refractivity contribution in [3.8, 4) is 0 Å². The van der Waals surface area contributed by atoms with Crippen molar-refractivity contribution in [1.29, 1.82) is 0 Å². The van der Waals surface area contributed by atoms with E-state index in [1.54, 1.807) is 0 Å². The van der Waals surface area contributed by atoms with Crippen LogP contribution in [0.1, 0.15) is 39.5 Å². The Morgan fingerprint density at radius 1 is 1.17 bits per heavy atom. The van der Waals surface area contributed by atoms with Gasteiger partial charge < -0.3 is 8.68 Å². The summed E-state index contributed by atoms with van der Waals surface area (Å²) in [4.78, 5) is 0. The summed E-state index contributed by atoms with van der Waals surface area (Å²) in [5, 5.41) is 0. The Morgan fingerprint density at radius 3 is 2.00 bits per heavy atom. The molecule has 0 aromatic carbocycles. The molecule has 0 atom stereocenters. The van der Waals surface area contributed by atoms with Crippen molar-refractivity contribution in [1.82, 2.24) is 4.57 Å². The van der Waals surface area contributed by atoms with Crippen molar-refractivity contribution in [3.63, 3.8) is 0 Å². The van der Waals surface area contributed by atoms with Crippen LogP contribution in [0.15, 0.2) is 0 Å². The SMILES string of the molecule is CCCCN(CCCC)[SiH2]O[SiH3]. The molecule has 0 fully saturated rings. The number of rotatable bonds is 8. The van der Waals surface area contributed by atoms with E-state index >= 15 is 0 Å². The van der Waals surface area contributed by atoms with Gasteiger partial charge in [-0.3, -0.25) is 0 Å². The molecule has 0 radical (unpaired) electrons. The zero-order valence-electron chi connectivity index (χ0n) is 8.81. The molecule has 0 heterocycles. The molecule has 0 unspecified atom stereocenters. The summed E-state index contributed by atoms with van der Waals surface area (Å²) in [5.41, 5.74) is 0. The third-order valence-electron chi connectivity index (χ3n) is 1.97. The summed E-state index contributed by atoms with van der Waals surface area (Å²) in [5.74, 6) is 0. The van der Waals surface area contributed by atoms with Gasteiger partial charge in [-0.05, 0) is 25.9 Å². The van der Waals surface area contributed by atoms with Gasteiger partial charge in [-0.2, -0.15) is 0 Å². The van der Waals surface area contributed by atoms with E-state index in [0.717, 1.165) is 10.5 Å². The van der Waals surface area contributed by atoms with E-state index in [9.17, 15) is 0 Å². The molecule has 12 heavy (non-hydrogen) atoms. The quantitative estimate of drug-likeness (QED) is 0.525. The van der Waals surface area contributed by atoms with Crippen LogP contribution in [0.4, 0.5) is 0 Å². The minimum absolute atomic E-state index is 0.310. The minimum atomic E-state index is -0.310. The van der Waals surface area contributed by atoms with Crippen molar-refractivity contribution in [2.45, 2.75) is 39.5 Å². The van der Waals surface area contributed by atoms with Crippen LogP contribution in [0.3, 0.4) is 0 Å². The molecule has 2 nitrogen and oxygen atoms in total. The predicted octanol–water partition coefficient (Wildman–Crippen LogP) is 0.184. The van der Waals surface area contributed by atoms with Crippen LogP contribution in [0, 0.1) is 0 Å². The van der Waals surface area contributed by atoms with E-state index in [-0.39, 0.29) is 9.92 Å². The summed E-state index contributed by atoms with van der Waals surface area (Å²) >= 11 is 0. The Labute approximate surface area is 82.2 Å². The monoisotopic (exact) mass is 205 g/mol. The Bertz CT molecular complexity index is 85.1. The zero-order chi connectivity index (χ0) is 9.23. The van der Waals surface area contributed by atoms with E-state index in [4.69, 9.17) is 4.12 Å². The molecule has 74 valence electrons. The summed E-state index contributed by atoms with van der Waals surface area (Å²) in [6.07, 6.45) is 5.28. The van der Waals surface area contributed by atoms with Crippen LogP contribution in [0.2, 0.25) is 0 Å². The van der Waals surface area contributed by atoms with Gasteiger partial charge in [0.15, 0.2) is 0 Å². The van der Waals surface area contributed by atoms with Gasteiger partial charge in [0.05, 0.1) is 0 Å². The molecule has 0 N–H and O–H groups in total. The molecule has 0 bridgehead atoms. The molecule has 0 spiro atoms. The fraction of sp³-hybridized carbons (Fsp3) is 1.00. The third-order valence-corrected chi connectivity index (χ3v) is 4.00. The van der Waals surface area contributed by atoms with E-state index < -0.39 is 0 Å². The third kappa shape index (κ3) is 7.03. The summed E-state index contributed by atoms with van der Waals surface area (Å²) < 4.78 is 7.96. The fourth-order valence-electron chi connectivity index (χ4n) is 1.19. The van der Waals surface area contributed by atoms with Crippen molar-refractivity contribution in [2.75, 3.05) is 13.1 Å². The molecule has 0 aliphatic rings. The van der Waals surface area contributed by atoms with E-state index in [1.165, 1.54) is 38.8 Å². The van der Waals surface area contributed by atoms with Crippen molar-refractivity contribution in [3.05, 3.63) is 0 Å². The maximum Gasteiger partial charge on any atom is 0.226 e. The summed E-state index contributed by atoms with van der Waals surface area (Å²) in [7, 11) is 0.614. The standard InChI is InChI=1S/C8H23NOSi2/c1-3-5-7-9(12-10-11)8-6-4-2/h3-8,12H2,1-2,11H3. The highest BCUT2D eigenvalue weighted by Crippen LogP contribution is 1.96. The van der Waals surface area contributed by atoms with E-state index in [1.807, 2.05) is 0 Å². The molecule has 0 saturated heterocycles. The molecule has 0 rings (SSSR count). The lowest BCUT2D eigenvalue weighted by molar-refractivity contribution is 0.382. The Morgan fingerprint density at radius 2 is 1.67 bits per heavy atom. The molecular formula is C8H23NOSi2. The molecule has 0 aliphatic heterocycles. The number of nitrogens with zero attached hydrogens (tertiary/aromatic N) is 1. The molecule has 0 aromatic heterocycles. The first-order valence-corrected chi connectivity index (χ1v) is 7.09. The molecule has 0 aliphatic carbocycles. The first-order chi connectivity index (χ1) is 5.85. The van der Waals surface area contributed by atoms with E-state index in [2.05, 4.69) is 18.4 Å². The lowest BCUT2D eigenvalue weighted by Gasteiger charge is -2.20.